The zero-order valence-corrected chi connectivity index (χ0v) is 38.1. The number of aliphatic hydroxyl groups excluding tert-OH is 1. The summed E-state index contributed by atoms with van der Waals surface area (Å²) in [4.78, 5) is 78.1. The molecule has 7 unspecified atom stereocenters. The highest BCUT2D eigenvalue weighted by molar-refractivity contribution is 6.25. The molecule has 8 rings (SSSR count). The van der Waals surface area contributed by atoms with E-state index in [1.165, 1.54) is 13.2 Å². The van der Waals surface area contributed by atoms with Gasteiger partial charge in [-0.1, -0.05) is 105 Å². The number of fused-ring (bicyclic) bond motifs is 3. The Morgan fingerprint density at radius 2 is 1.46 bits per heavy atom. The van der Waals surface area contributed by atoms with E-state index in [0.29, 0.717) is 33.8 Å². The average Bonchev–Trinajstić information content (AvgIpc) is 3.82. The second-order valence-corrected chi connectivity index (χ2v) is 17.0. The molecule has 0 saturated carbocycles. The maximum atomic E-state index is 16.5. The van der Waals surface area contributed by atoms with Gasteiger partial charge in [-0.2, -0.15) is 0 Å². The number of imide groups is 1. The molecule has 3 N–H and O–H groups in total. The minimum absolute atomic E-state index is 0.0166. The molecule has 1 spiro atoms. The molecule has 0 radical (unpaired) electrons. The summed E-state index contributed by atoms with van der Waals surface area (Å²) in [6, 6.07) is 32.2. The van der Waals surface area contributed by atoms with E-state index >= 15 is 14.4 Å². The molecule has 7 atom stereocenters. The van der Waals surface area contributed by atoms with Crippen molar-refractivity contribution in [3.63, 3.8) is 0 Å². The number of morpholine rings is 1. The first-order chi connectivity index (χ1) is 33.0. The van der Waals surface area contributed by atoms with Crippen LogP contribution in [-0.2, 0) is 34.1 Å². The number of carbonyl (C=O) groups excluding carboxylic acids is 5. The number of ether oxygens (including phenoxy) is 4. The molecule has 0 aliphatic carbocycles. The maximum absolute atomic E-state index is 16.5. The summed E-state index contributed by atoms with van der Waals surface area (Å²) < 4.78 is 22.7. The van der Waals surface area contributed by atoms with Crippen molar-refractivity contribution in [3.8, 4) is 23.3 Å². The van der Waals surface area contributed by atoms with Crippen LogP contribution in [0.3, 0.4) is 0 Å². The number of carbonyl (C=O) groups is 5. The lowest BCUT2D eigenvalue weighted by atomic mass is 9.65. The van der Waals surface area contributed by atoms with Crippen LogP contribution in [0.2, 0.25) is 0 Å². The van der Waals surface area contributed by atoms with Gasteiger partial charge < -0.3 is 34.7 Å². The minimum Gasteiger partial charge on any atom is -0.497 e. The maximum Gasteiger partial charge on any atom is 0.329 e. The molecule has 3 aliphatic rings. The number of cyclic esters (lactones) is 1. The summed E-state index contributed by atoms with van der Waals surface area (Å²) >= 11 is 0. The Morgan fingerprint density at radius 1 is 0.824 bits per heavy atom. The number of urea groups is 1. The fourth-order valence-corrected chi connectivity index (χ4v) is 9.82. The van der Waals surface area contributed by atoms with Crippen molar-refractivity contribution >= 4 is 35.5 Å². The first-order valence-electron chi connectivity index (χ1n) is 22.3. The third-order valence-corrected chi connectivity index (χ3v) is 12.8. The lowest BCUT2D eigenvalue weighted by molar-refractivity contribution is -0.178. The molecule has 68 heavy (non-hydrogen) atoms. The molecule has 348 valence electrons. The average molecular weight is 917 g/mol. The fraction of sp³-hybridized carbons (Fsp3) is 0.278. The number of hydrogen-bond donors (Lipinski definition) is 3. The Hall–Kier alpha value is -7.73. The molecule has 2 saturated heterocycles. The summed E-state index contributed by atoms with van der Waals surface area (Å²) in [5, 5.41) is 15.2. The highest BCUT2D eigenvalue weighted by Crippen LogP contribution is 2.66. The van der Waals surface area contributed by atoms with E-state index in [-0.39, 0.29) is 31.0 Å². The fourth-order valence-electron chi connectivity index (χ4n) is 9.82. The van der Waals surface area contributed by atoms with E-state index in [1.54, 1.807) is 87.7 Å². The highest BCUT2D eigenvalue weighted by atomic mass is 16.6. The number of amides is 4. The molecule has 14 heteroatoms. The van der Waals surface area contributed by atoms with Crippen molar-refractivity contribution < 1.29 is 48.0 Å². The Labute approximate surface area is 394 Å². The van der Waals surface area contributed by atoms with Gasteiger partial charge in [0.05, 0.1) is 44.5 Å². The van der Waals surface area contributed by atoms with Crippen LogP contribution >= 0.6 is 0 Å². The van der Waals surface area contributed by atoms with Gasteiger partial charge in [-0.15, -0.1) is 6.58 Å². The van der Waals surface area contributed by atoms with E-state index in [2.05, 4.69) is 29.1 Å². The SMILES string of the molecule is C=CCNC(=O)C1C2C(=O)OC(c3ccccc3)C(c3ccccc3)N2C(c2ccc(OCCO)cc2)C12C(=O)N(C(=O)NC(C(=O)OC)C(C)C)c1ccc(C#Cc3ccc(OC)cc3)cc12. The molecule has 5 aromatic rings. The molecule has 3 heterocycles. The molecule has 5 aromatic carbocycles. The summed E-state index contributed by atoms with van der Waals surface area (Å²) in [7, 11) is 2.78. The van der Waals surface area contributed by atoms with Gasteiger partial charge in [0.1, 0.15) is 41.7 Å². The topological polar surface area (TPSA) is 173 Å². The van der Waals surface area contributed by atoms with Crippen molar-refractivity contribution in [2.45, 2.75) is 49.5 Å². The number of esters is 2. The predicted octanol–water partition coefficient (Wildman–Crippen LogP) is 6.34. The molecule has 14 nitrogen and oxygen atoms in total. The first-order valence-corrected chi connectivity index (χ1v) is 22.3. The highest BCUT2D eigenvalue weighted by Gasteiger charge is 2.75. The zero-order valence-electron chi connectivity index (χ0n) is 38.1. The molecular formula is C54H52N4O10. The monoisotopic (exact) mass is 916 g/mol. The molecule has 3 aliphatic heterocycles. The normalized spacial score (nSPS) is 22.0. The molecule has 4 amide bonds. The van der Waals surface area contributed by atoms with Crippen LogP contribution in [0, 0.1) is 23.7 Å². The van der Waals surface area contributed by atoms with Crippen LogP contribution in [0.1, 0.15) is 65.4 Å². The van der Waals surface area contributed by atoms with E-state index in [1.807, 2.05) is 65.6 Å². The summed E-state index contributed by atoms with van der Waals surface area (Å²) in [5.41, 5.74) is 1.29. The Kier molecular flexibility index (Phi) is 13.8. The number of anilines is 1. The number of methoxy groups -OCH3 is 2. The molecule has 2 fully saturated rings. The van der Waals surface area contributed by atoms with E-state index in [9.17, 15) is 14.7 Å². The third kappa shape index (κ3) is 8.46. The summed E-state index contributed by atoms with van der Waals surface area (Å²) in [6.45, 7) is 7.05. The van der Waals surface area contributed by atoms with Crippen LogP contribution in [0.4, 0.5) is 10.5 Å². The lowest BCUT2D eigenvalue weighted by Crippen LogP contribution is -2.57. The van der Waals surface area contributed by atoms with Gasteiger partial charge >= 0.3 is 18.0 Å². The summed E-state index contributed by atoms with van der Waals surface area (Å²) in [5.74, 6) is 2.49. The standard InChI is InChI=1S/C54H52N4O10/c1-6-29-55-49(60)43-46-51(62)68-47(37-15-11-8-12-16-37)45(36-13-9-7-10-14-36)58(46)48(38-22-26-40(27-23-38)67-31-30-59)54(43)41-32-35(18-17-34-19-24-39(65-4)25-20-34)21-28-42(41)57(52(54)63)53(64)56-44(33(2)3)50(61)66-5/h6-16,19-28,32-33,43-48,59H,1,29-31H2,2-5H3,(H,55,60)(H,56,64). The third-order valence-electron chi connectivity index (χ3n) is 12.8. The number of benzene rings is 5. The van der Waals surface area contributed by atoms with Gasteiger partial charge in [0.15, 0.2) is 0 Å². The van der Waals surface area contributed by atoms with Crippen LogP contribution < -0.4 is 25.0 Å². The van der Waals surface area contributed by atoms with Crippen LogP contribution in [0.25, 0.3) is 0 Å². The van der Waals surface area contributed by atoms with Crippen LogP contribution in [0.15, 0.2) is 140 Å². The van der Waals surface area contributed by atoms with Gasteiger partial charge in [0, 0.05) is 17.7 Å². The minimum atomic E-state index is -2.08. The zero-order chi connectivity index (χ0) is 48.1. The number of hydrogen-bond acceptors (Lipinski definition) is 11. The van der Waals surface area contributed by atoms with E-state index in [4.69, 9.17) is 18.9 Å². The van der Waals surface area contributed by atoms with Crippen molar-refractivity contribution in [1.29, 1.82) is 0 Å². The van der Waals surface area contributed by atoms with Gasteiger partial charge in [-0.3, -0.25) is 19.3 Å². The van der Waals surface area contributed by atoms with Crippen molar-refractivity contribution in [2.24, 2.45) is 11.8 Å². The number of rotatable bonds is 13. The summed E-state index contributed by atoms with van der Waals surface area (Å²) in [6.07, 6.45) is 0.556. The largest absolute Gasteiger partial charge is 0.497 e. The van der Waals surface area contributed by atoms with Crippen LogP contribution in [-0.4, -0.2) is 85.9 Å². The Bertz CT molecular complexity index is 2750. The van der Waals surface area contributed by atoms with Gasteiger partial charge in [-0.25, -0.2) is 14.5 Å². The van der Waals surface area contributed by atoms with Crippen molar-refractivity contribution in [2.75, 3.05) is 38.9 Å². The second kappa shape index (κ2) is 20.0. The van der Waals surface area contributed by atoms with Crippen molar-refractivity contribution in [3.05, 3.63) is 173 Å². The van der Waals surface area contributed by atoms with E-state index in [0.717, 1.165) is 10.5 Å². The first kappa shape index (κ1) is 46.8. The molecule has 0 bridgehead atoms. The smallest absolute Gasteiger partial charge is 0.329 e. The number of nitrogens with zero attached hydrogens (tertiary/aromatic N) is 2. The quantitative estimate of drug-likeness (QED) is 0.0684. The lowest BCUT2D eigenvalue weighted by Gasteiger charge is -2.46. The predicted molar refractivity (Wildman–Crippen MR) is 252 cm³/mol. The number of nitrogens with one attached hydrogen (secondary N) is 2. The van der Waals surface area contributed by atoms with Gasteiger partial charge in [-0.05, 0) is 82.8 Å². The Balaban J connectivity index is 1.45. The Morgan fingerprint density at radius 3 is 2.07 bits per heavy atom. The van der Waals surface area contributed by atoms with Crippen molar-refractivity contribution in [1.82, 2.24) is 15.5 Å². The second-order valence-electron chi connectivity index (χ2n) is 17.0. The van der Waals surface area contributed by atoms with Gasteiger partial charge in [0.25, 0.3) is 0 Å². The molecule has 0 aromatic heterocycles. The molecular weight excluding hydrogens is 865 g/mol. The van der Waals surface area contributed by atoms with Gasteiger partial charge in [0.2, 0.25) is 11.8 Å². The number of aliphatic hydroxyl groups is 1. The van der Waals surface area contributed by atoms with E-state index < -0.39 is 77.3 Å². The van der Waals surface area contributed by atoms with Crippen LogP contribution in [0.5, 0.6) is 11.5 Å².